The first-order valence-corrected chi connectivity index (χ1v) is 6.87. The van der Waals surface area contributed by atoms with Gasteiger partial charge in [0, 0.05) is 5.54 Å². The highest BCUT2D eigenvalue weighted by Crippen LogP contribution is 2.19. The van der Waals surface area contributed by atoms with E-state index in [1.54, 1.807) is 0 Å². The minimum absolute atomic E-state index is 0.0435. The van der Waals surface area contributed by atoms with Crippen LogP contribution in [0.15, 0.2) is 39.9 Å². The van der Waals surface area contributed by atoms with Gasteiger partial charge < -0.3 is 10.1 Å². The molecule has 6 nitrogen and oxygen atoms in total. The van der Waals surface area contributed by atoms with Gasteiger partial charge >= 0.3 is 6.09 Å². The number of nitrogens with one attached hydrogen (secondary N) is 2. The molecule has 2 aromatic rings. The standard InChI is InChI=1S/C16H18N2O4/c1-16(2,3)18-12-11(13(19)14(12)20)17-15(21)22-9-10-7-5-4-6-8-10/h4-8,18H,9H2,1-3H3,(H,17,21). The third kappa shape index (κ3) is 3.72. The van der Waals surface area contributed by atoms with Gasteiger partial charge in [-0.15, -0.1) is 0 Å². The summed E-state index contributed by atoms with van der Waals surface area (Å²) in [5.74, 6) is 0. The van der Waals surface area contributed by atoms with Crippen molar-refractivity contribution in [1.29, 1.82) is 0 Å². The summed E-state index contributed by atoms with van der Waals surface area (Å²) in [7, 11) is 0. The largest absolute Gasteiger partial charge is 0.444 e. The molecule has 0 fully saturated rings. The van der Waals surface area contributed by atoms with Crippen LogP contribution in [0.5, 0.6) is 0 Å². The van der Waals surface area contributed by atoms with Crippen LogP contribution in [0.4, 0.5) is 16.2 Å². The second-order valence-corrected chi connectivity index (χ2v) is 5.97. The fourth-order valence-electron chi connectivity index (χ4n) is 1.87. The Morgan fingerprint density at radius 2 is 1.64 bits per heavy atom. The average Bonchev–Trinajstić information content (AvgIpc) is 2.48. The van der Waals surface area contributed by atoms with Crippen molar-refractivity contribution in [2.45, 2.75) is 32.9 Å². The van der Waals surface area contributed by atoms with Gasteiger partial charge in [0.1, 0.15) is 18.0 Å². The average molecular weight is 302 g/mol. The van der Waals surface area contributed by atoms with Crippen molar-refractivity contribution in [3.05, 3.63) is 56.3 Å². The van der Waals surface area contributed by atoms with Gasteiger partial charge in [0.2, 0.25) is 0 Å². The zero-order chi connectivity index (χ0) is 16.3. The predicted octanol–water partition coefficient (Wildman–Crippen LogP) is 2.24. The molecule has 0 saturated carbocycles. The SMILES string of the molecule is CC(C)(C)Nc1c(NC(=O)OCc2ccccc2)c(=O)c1=O. The van der Waals surface area contributed by atoms with Crippen molar-refractivity contribution in [2.75, 3.05) is 10.6 Å². The van der Waals surface area contributed by atoms with Crippen molar-refractivity contribution >= 4 is 17.5 Å². The van der Waals surface area contributed by atoms with Crippen LogP contribution in [0.25, 0.3) is 0 Å². The van der Waals surface area contributed by atoms with Crippen molar-refractivity contribution in [3.63, 3.8) is 0 Å². The molecule has 0 heterocycles. The van der Waals surface area contributed by atoms with E-state index in [0.29, 0.717) is 0 Å². The Labute approximate surface area is 127 Å². The van der Waals surface area contributed by atoms with Gasteiger partial charge in [-0.3, -0.25) is 14.9 Å². The minimum Gasteiger partial charge on any atom is -0.444 e. The van der Waals surface area contributed by atoms with E-state index in [4.69, 9.17) is 4.74 Å². The molecule has 0 atom stereocenters. The van der Waals surface area contributed by atoms with Gasteiger partial charge in [-0.1, -0.05) is 30.3 Å². The predicted molar refractivity (Wildman–Crippen MR) is 85.0 cm³/mol. The van der Waals surface area contributed by atoms with Crippen LogP contribution >= 0.6 is 0 Å². The molecule has 2 N–H and O–H groups in total. The summed E-state index contributed by atoms with van der Waals surface area (Å²) in [6.07, 6.45) is -0.770. The first-order chi connectivity index (χ1) is 10.3. The Kier molecular flexibility index (Phi) is 4.30. The van der Waals surface area contributed by atoms with Crippen LogP contribution < -0.4 is 21.5 Å². The third-order valence-electron chi connectivity index (χ3n) is 2.85. The van der Waals surface area contributed by atoms with Crippen LogP contribution in [0.1, 0.15) is 26.3 Å². The molecule has 0 spiro atoms. The van der Waals surface area contributed by atoms with E-state index in [1.165, 1.54) is 0 Å². The van der Waals surface area contributed by atoms with Crippen molar-refractivity contribution in [3.8, 4) is 0 Å². The van der Waals surface area contributed by atoms with E-state index in [0.717, 1.165) is 5.56 Å². The minimum atomic E-state index is -0.770. The van der Waals surface area contributed by atoms with Crippen molar-refractivity contribution < 1.29 is 9.53 Å². The van der Waals surface area contributed by atoms with Crippen LogP contribution in [0.3, 0.4) is 0 Å². The second-order valence-electron chi connectivity index (χ2n) is 5.97. The lowest BCUT2D eigenvalue weighted by molar-refractivity contribution is 0.155. The van der Waals surface area contributed by atoms with E-state index >= 15 is 0 Å². The Morgan fingerprint density at radius 3 is 2.23 bits per heavy atom. The van der Waals surface area contributed by atoms with Gasteiger partial charge in [-0.2, -0.15) is 0 Å². The molecule has 0 unspecified atom stereocenters. The zero-order valence-corrected chi connectivity index (χ0v) is 12.7. The Bertz CT molecular complexity index is 738. The number of hydrogen-bond donors (Lipinski definition) is 2. The first-order valence-electron chi connectivity index (χ1n) is 6.87. The summed E-state index contributed by atoms with van der Waals surface area (Å²) in [6.45, 7) is 5.63. The number of anilines is 2. The molecule has 0 aliphatic heterocycles. The summed E-state index contributed by atoms with van der Waals surface area (Å²) in [5, 5.41) is 5.23. The molecule has 22 heavy (non-hydrogen) atoms. The highest BCUT2D eigenvalue weighted by molar-refractivity contribution is 5.91. The molecule has 1 amide bonds. The molecule has 116 valence electrons. The summed E-state index contributed by atoms with van der Waals surface area (Å²) < 4.78 is 5.02. The highest BCUT2D eigenvalue weighted by Gasteiger charge is 2.26. The normalized spacial score (nSPS) is 11.2. The number of carbonyl (C=O) groups is 1. The van der Waals surface area contributed by atoms with Crippen LogP contribution in [0.2, 0.25) is 0 Å². The van der Waals surface area contributed by atoms with Gasteiger partial charge in [0.05, 0.1) is 0 Å². The lowest BCUT2D eigenvalue weighted by atomic mass is 10.1. The summed E-state index contributed by atoms with van der Waals surface area (Å²) in [6, 6.07) is 9.16. The van der Waals surface area contributed by atoms with Crippen molar-refractivity contribution in [2.24, 2.45) is 0 Å². The van der Waals surface area contributed by atoms with E-state index in [9.17, 15) is 14.4 Å². The Morgan fingerprint density at radius 1 is 1.05 bits per heavy atom. The number of ether oxygens (including phenoxy) is 1. The molecule has 0 aliphatic carbocycles. The van der Waals surface area contributed by atoms with Gasteiger partial charge in [0.15, 0.2) is 0 Å². The summed E-state index contributed by atoms with van der Waals surface area (Å²) in [4.78, 5) is 34.8. The first kappa shape index (κ1) is 15.8. The number of rotatable bonds is 4. The molecular formula is C16H18N2O4. The lowest BCUT2D eigenvalue weighted by Gasteiger charge is -2.24. The van der Waals surface area contributed by atoms with Crippen molar-refractivity contribution in [1.82, 2.24) is 0 Å². The molecule has 0 radical (unpaired) electrons. The fourth-order valence-corrected chi connectivity index (χ4v) is 1.87. The highest BCUT2D eigenvalue weighted by atomic mass is 16.5. The molecule has 0 aromatic heterocycles. The maximum absolute atomic E-state index is 11.7. The van der Waals surface area contributed by atoms with E-state index in [1.807, 2.05) is 51.1 Å². The molecule has 0 bridgehead atoms. The van der Waals surface area contributed by atoms with Crippen LogP contribution in [-0.4, -0.2) is 11.6 Å². The molecule has 2 rings (SSSR count). The quantitative estimate of drug-likeness (QED) is 0.846. The number of amides is 1. The van der Waals surface area contributed by atoms with Gasteiger partial charge in [-0.05, 0) is 26.3 Å². The van der Waals surface area contributed by atoms with E-state index < -0.39 is 22.5 Å². The Balaban J connectivity index is 1.99. The molecule has 2 aromatic carbocycles. The lowest BCUT2D eigenvalue weighted by Crippen LogP contribution is -2.42. The molecular weight excluding hydrogens is 284 g/mol. The van der Waals surface area contributed by atoms with E-state index in [-0.39, 0.29) is 18.0 Å². The van der Waals surface area contributed by atoms with Crippen LogP contribution in [-0.2, 0) is 11.3 Å². The molecule has 0 aliphatic rings. The summed E-state index contributed by atoms with van der Waals surface area (Å²) in [5.41, 5.74) is -0.841. The number of carbonyl (C=O) groups excluding carboxylic acids is 1. The second kappa shape index (κ2) is 6.01. The van der Waals surface area contributed by atoms with E-state index in [2.05, 4.69) is 10.6 Å². The maximum Gasteiger partial charge on any atom is 0.412 e. The molecule has 6 heteroatoms. The Hall–Kier alpha value is -2.63. The van der Waals surface area contributed by atoms with Gasteiger partial charge in [0.25, 0.3) is 10.9 Å². The maximum atomic E-state index is 11.7. The zero-order valence-electron chi connectivity index (χ0n) is 12.7. The third-order valence-corrected chi connectivity index (χ3v) is 2.85. The van der Waals surface area contributed by atoms with Crippen LogP contribution in [0, 0.1) is 0 Å². The van der Waals surface area contributed by atoms with Gasteiger partial charge in [-0.25, -0.2) is 4.79 Å². The monoisotopic (exact) mass is 302 g/mol. The smallest absolute Gasteiger partial charge is 0.412 e. The number of benzene rings is 1. The number of hydrogen-bond acceptors (Lipinski definition) is 5. The topological polar surface area (TPSA) is 84.5 Å². The molecule has 0 saturated heterocycles. The summed E-state index contributed by atoms with van der Waals surface area (Å²) >= 11 is 0. The fraction of sp³-hybridized carbons (Fsp3) is 0.312.